The summed E-state index contributed by atoms with van der Waals surface area (Å²) in [6, 6.07) is 15.9. The van der Waals surface area contributed by atoms with Crippen LogP contribution >= 0.6 is 0 Å². The van der Waals surface area contributed by atoms with Crippen LogP contribution in [0.1, 0.15) is 54.1 Å². The van der Waals surface area contributed by atoms with E-state index in [2.05, 4.69) is 53.4 Å². The van der Waals surface area contributed by atoms with Gasteiger partial charge in [-0.15, -0.1) is 0 Å². The van der Waals surface area contributed by atoms with Crippen LogP contribution in [0.4, 0.5) is 5.69 Å². The first-order valence-corrected chi connectivity index (χ1v) is 12.1. The second-order valence-electron chi connectivity index (χ2n) is 9.16. The minimum atomic E-state index is -0.133. The molecule has 4 rings (SSSR count). The van der Waals surface area contributed by atoms with Crippen molar-refractivity contribution in [3.05, 3.63) is 82.9 Å². The molecule has 34 heavy (non-hydrogen) atoms. The first-order valence-electron chi connectivity index (χ1n) is 12.1. The maximum absolute atomic E-state index is 13.7. The van der Waals surface area contributed by atoms with E-state index in [0.717, 1.165) is 42.8 Å². The summed E-state index contributed by atoms with van der Waals surface area (Å²) in [6.45, 7) is 9.28. The van der Waals surface area contributed by atoms with Crippen molar-refractivity contribution in [2.45, 2.75) is 59.2 Å². The molecule has 6 nitrogen and oxygen atoms in total. The Morgan fingerprint density at radius 3 is 2.62 bits per heavy atom. The molecule has 0 saturated carbocycles. The summed E-state index contributed by atoms with van der Waals surface area (Å²) in [5.41, 5.74) is 6.31. The van der Waals surface area contributed by atoms with Gasteiger partial charge in [0.2, 0.25) is 5.91 Å². The number of nitriles is 1. The number of hydrogen-bond acceptors (Lipinski definition) is 4. The zero-order chi connectivity index (χ0) is 24.1. The molecule has 0 radical (unpaired) electrons. The molecule has 1 aromatic heterocycles. The summed E-state index contributed by atoms with van der Waals surface area (Å²) < 4.78 is 2.14. The minimum Gasteiger partial charge on any atom is -0.329 e. The normalized spacial score (nSPS) is 16.6. The Labute approximate surface area is 202 Å². The van der Waals surface area contributed by atoms with Crippen LogP contribution in [0.2, 0.25) is 0 Å². The van der Waals surface area contributed by atoms with E-state index in [4.69, 9.17) is 5.26 Å². The van der Waals surface area contributed by atoms with Crippen LogP contribution in [-0.4, -0.2) is 39.5 Å². The monoisotopic (exact) mass is 455 g/mol. The molecule has 1 saturated heterocycles. The van der Waals surface area contributed by atoms with Crippen LogP contribution in [0.5, 0.6) is 0 Å². The Morgan fingerprint density at radius 2 is 1.88 bits per heavy atom. The fourth-order valence-electron chi connectivity index (χ4n) is 4.70. The molecule has 0 aliphatic carbocycles. The van der Waals surface area contributed by atoms with Crippen molar-refractivity contribution >= 4 is 11.6 Å². The summed E-state index contributed by atoms with van der Waals surface area (Å²) in [7, 11) is 0. The van der Waals surface area contributed by atoms with Gasteiger partial charge in [0.05, 0.1) is 29.7 Å². The van der Waals surface area contributed by atoms with Crippen LogP contribution < -0.4 is 4.90 Å². The van der Waals surface area contributed by atoms with Gasteiger partial charge in [0.1, 0.15) is 0 Å². The molecular formula is C28H33N5O. The highest BCUT2D eigenvalue weighted by molar-refractivity contribution is 5.98. The van der Waals surface area contributed by atoms with E-state index < -0.39 is 0 Å². The van der Waals surface area contributed by atoms with Crippen LogP contribution in [-0.2, 0) is 17.9 Å². The molecule has 1 amide bonds. The summed E-state index contributed by atoms with van der Waals surface area (Å²) >= 11 is 0. The number of aromatic nitrogens is 2. The van der Waals surface area contributed by atoms with Crippen molar-refractivity contribution in [3.8, 4) is 6.07 Å². The number of carbonyl (C=O) groups excluding carboxylic acids is 1. The van der Waals surface area contributed by atoms with Gasteiger partial charge >= 0.3 is 0 Å². The molecule has 1 fully saturated rings. The third-order valence-corrected chi connectivity index (χ3v) is 6.90. The third-order valence-electron chi connectivity index (χ3n) is 6.90. The minimum absolute atomic E-state index is 0.133. The fraction of sp³-hybridized carbons (Fsp3) is 0.393. The highest BCUT2D eigenvalue weighted by Crippen LogP contribution is 2.28. The van der Waals surface area contributed by atoms with Crippen LogP contribution in [0.15, 0.2) is 55.0 Å². The first kappa shape index (κ1) is 23.7. The van der Waals surface area contributed by atoms with Gasteiger partial charge in [-0.3, -0.25) is 9.69 Å². The maximum Gasteiger partial charge on any atom is 0.244 e. The lowest BCUT2D eigenvalue weighted by molar-refractivity contribution is -0.126. The van der Waals surface area contributed by atoms with Crippen molar-refractivity contribution in [1.29, 1.82) is 5.26 Å². The van der Waals surface area contributed by atoms with E-state index in [-0.39, 0.29) is 11.9 Å². The lowest BCUT2D eigenvalue weighted by Crippen LogP contribution is -2.57. The maximum atomic E-state index is 13.7. The van der Waals surface area contributed by atoms with Crippen molar-refractivity contribution in [1.82, 2.24) is 14.5 Å². The Hall–Kier alpha value is -3.43. The van der Waals surface area contributed by atoms with E-state index in [1.165, 1.54) is 11.1 Å². The predicted octanol–water partition coefficient (Wildman–Crippen LogP) is 4.83. The number of rotatable bonds is 8. The molecule has 1 atom stereocenters. The smallest absolute Gasteiger partial charge is 0.244 e. The molecule has 2 heterocycles. The lowest BCUT2D eigenvalue weighted by Gasteiger charge is -2.41. The Kier molecular flexibility index (Phi) is 7.44. The molecular weight excluding hydrogens is 422 g/mol. The molecule has 0 spiro atoms. The molecule has 0 bridgehead atoms. The Bertz CT molecular complexity index is 1170. The summed E-state index contributed by atoms with van der Waals surface area (Å²) in [5, 5.41) is 9.04. The number of benzene rings is 2. The third kappa shape index (κ3) is 5.05. The molecule has 1 aliphatic rings. The number of piperazine rings is 1. The summed E-state index contributed by atoms with van der Waals surface area (Å²) in [4.78, 5) is 22.4. The van der Waals surface area contributed by atoms with Crippen LogP contribution in [0.3, 0.4) is 0 Å². The molecule has 176 valence electrons. The molecule has 1 unspecified atom stereocenters. The number of unbranched alkanes of at least 4 members (excludes halogenated alkanes) is 1. The number of amides is 1. The lowest BCUT2D eigenvalue weighted by atomic mass is 10.0. The predicted molar refractivity (Wildman–Crippen MR) is 134 cm³/mol. The van der Waals surface area contributed by atoms with E-state index >= 15 is 0 Å². The van der Waals surface area contributed by atoms with E-state index in [9.17, 15) is 4.79 Å². The van der Waals surface area contributed by atoms with Crippen LogP contribution in [0, 0.1) is 25.2 Å². The average Bonchev–Trinajstić information content (AvgIpc) is 3.28. The van der Waals surface area contributed by atoms with Crippen molar-refractivity contribution in [2.24, 2.45) is 0 Å². The molecule has 1 aliphatic heterocycles. The topological polar surface area (TPSA) is 65.2 Å². The highest BCUT2D eigenvalue weighted by atomic mass is 16.2. The van der Waals surface area contributed by atoms with Gasteiger partial charge in [-0.1, -0.05) is 44.0 Å². The van der Waals surface area contributed by atoms with Gasteiger partial charge in [0.15, 0.2) is 0 Å². The van der Waals surface area contributed by atoms with Gasteiger partial charge < -0.3 is 9.47 Å². The fourth-order valence-corrected chi connectivity index (χ4v) is 4.70. The van der Waals surface area contributed by atoms with E-state index in [0.29, 0.717) is 25.2 Å². The van der Waals surface area contributed by atoms with E-state index in [1.807, 2.05) is 47.8 Å². The highest BCUT2D eigenvalue weighted by Gasteiger charge is 2.35. The number of carbonyl (C=O) groups is 1. The standard InChI is InChI=1S/C28H33N5O/c1-4-5-8-27-28(34)33(26-9-6-7-21(2)22(26)3)15-14-31(27)19-25-17-30-20-32(25)18-24-12-10-23(16-29)11-13-24/h6-7,9-13,17,20,27H,4-5,8,14-15,18-19H2,1-3H3. The van der Waals surface area contributed by atoms with Crippen molar-refractivity contribution < 1.29 is 4.79 Å². The van der Waals surface area contributed by atoms with E-state index in [1.54, 1.807) is 0 Å². The largest absolute Gasteiger partial charge is 0.329 e. The Morgan fingerprint density at radius 1 is 1.09 bits per heavy atom. The van der Waals surface area contributed by atoms with Gasteiger partial charge in [-0.05, 0) is 55.2 Å². The number of nitrogens with zero attached hydrogens (tertiary/aromatic N) is 5. The average molecular weight is 456 g/mol. The first-order chi connectivity index (χ1) is 16.5. The van der Waals surface area contributed by atoms with Gasteiger partial charge in [-0.25, -0.2) is 4.98 Å². The Balaban J connectivity index is 1.53. The van der Waals surface area contributed by atoms with Gasteiger partial charge in [0.25, 0.3) is 0 Å². The summed E-state index contributed by atoms with van der Waals surface area (Å²) in [6.07, 6.45) is 6.71. The van der Waals surface area contributed by atoms with Gasteiger partial charge in [0, 0.05) is 38.1 Å². The molecule has 0 N–H and O–H groups in total. The second-order valence-corrected chi connectivity index (χ2v) is 9.16. The zero-order valence-corrected chi connectivity index (χ0v) is 20.4. The van der Waals surface area contributed by atoms with Gasteiger partial charge in [-0.2, -0.15) is 5.26 Å². The number of hydrogen-bond donors (Lipinski definition) is 0. The molecule has 6 heteroatoms. The molecule has 2 aromatic carbocycles. The zero-order valence-electron chi connectivity index (χ0n) is 20.4. The molecule has 3 aromatic rings. The number of aryl methyl sites for hydroxylation is 1. The van der Waals surface area contributed by atoms with Crippen molar-refractivity contribution in [2.75, 3.05) is 18.0 Å². The van der Waals surface area contributed by atoms with Crippen molar-refractivity contribution in [3.63, 3.8) is 0 Å². The van der Waals surface area contributed by atoms with Crippen LogP contribution in [0.25, 0.3) is 0 Å². The summed E-state index contributed by atoms with van der Waals surface area (Å²) in [5.74, 6) is 0.201. The number of imidazole rings is 1. The quantitative estimate of drug-likeness (QED) is 0.488. The SMILES string of the molecule is CCCCC1C(=O)N(c2cccc(C)c2C)CCN1Cc1cncn1Cc1ccc(C#N)cc1. The second kappa shape index (κ2) is 10.7. The number of anilines is 1.